The second-order valence-electron chi connectivity index (χ2n) is 4.41. The molecule has 1 aromatic carbocycles. The van der Waals surface area contributed by atoms with Crippen molar-refractivity contribution in [2.45, 2.75) is 27.7 Å². The van der Waals surface area contributed by atoms with Gasteiger partial charge < -0.3 is 0 Å². The first-order valence-electron chi connectivity index (χ1n) is 5.57. The quantitative estimate of drug-likeness (QED) is 0.738. The summed E-state index contributed by atoms with van der Waals surface area (Å²) in [4.78, 5) is 8.68. The molecule has 0 spiro atoms. The zero-order chi connectivity index (χ0) is 12.6. The lowest BCUT2D eigenvalue weighted by atomic mass is 9.98. The van der Waals surface area contributed by atoms with E-state index >= 15 is 0 Å². The van der Waals surface area contributed by atoms with E-state index in [9.17, 15) is 0 Å². The summed E-state index contributed by atoms with van der Waals surface area (Å²) in [5.41, 5.74) is 6.98. The lowest BCUT2D eigenvalue weighted by Gasteiger charge is -2.10. The number of rotatable bonds is 1. The third-order valence-corrected chi connectivity index (χ3v) is 3.30. The van der Waals surface area contributed by atoms with Gasteiger partial charge in [0.05, 0.1) is 5.69 Å². The van der Waals surface area contributed by atoms with Crippen LogP contribution in [0.3, 0.4) is 0 Å². The number of hydrogen-bond donors (Lipinski definition) is 0. The van der Waals surface area contributed by atoms with Crippen LogP contribution in [0.5, 0.6) is 0 Å². The van der Waals surface area contributed by atoms with E-state index < -0.39 is 0 Å². The van der Waals surface area contributed by atoms with Crippen LogP contribution in [0, 0.1) is 27.7 Å². The van der Waals surface area contributed by atoms with Crippen LogP contribution >= 0.6 is 15.9 Å². The molecule has 0 radical (unpaired) electrons. The van der Waals surface area contributed by atoms with Crippen molar-refractivity contribution in [3.05, 3.63) is 45.3 Å². The molecule has 0 unspecified atom stereocenters. The number of aromatic nitrogens is 2. The predicted molar refractivity (Wildman–Crippen MR) is 74.1 cm³/mol. The molecular weight excluding hydrogens is 276 g/mol. The Morgan fingerprint density at radius 2 is 1.47 bits per heavy atom. The van der Waals surface area contributed by atoms with Crippen LogP contribution in [0.1, 0.15) is 22.4 Å². The fourth-order valence-electron chi connectivity index (χ4n) is 1.91. The molecular formula is C14H15BrN2. The molecule has 88 valence electrons. The maximum atomic E-state index is 4.44. The summed E-state index contributed by atoms with van der Waals surface area (Å²) in [6.07, 6.45) is 0. The molecule has 2 aromatic rings. The Kier molecular flexibility index (Phi) is 3.29. The summed E-state index contributed by atoms with van der Waals surface area (Å²) < 4.78 is 0.644. The first kappa shape index (κ1) is 12.2. The largest absolute Gasteiger partial charge is 0.227 e. The van der Waals surface area contributed by atoms with Crippen LogP contribution in [0.25, 0.3) is 11.3 Å². The SMILES string of the molecule is Cc1cc(-c2cc(C)c(C)cc2C)nc(Br)n1. The van der Waals surface area contributed by atoms with E-state index in [-0.39, 0.29) is 0 Å². The molecule has 0 saturated heterocycles. The molecule has 0 atom stereocenters. The normalized spacial score (nSPS) is 10.6. The van der Waals surface area contributed by atoms with Crippen molar-refractivity contribution in [3.63, 3.8) is 0 Å². The Labute approximate surface area is 110 Å². The van der Waals surface area contributed by atoms with E-state index in [1.807, 2.05) is 13.0 Å². The Morgan fingerprint density at radius 1 is 0.824 bits per heavy atom. The van der Waals surface area contributed by atoms with Gasteiger partial charge in [-0.1, -0.05) is 6.07 Å². The lowest BCUT2D eigenvalue weighted by Crippen LogP contribution is -1.94. The Hall–Kier alpha value is -1.22. The monoisotopic (exact) mass is 290 g/mol. The van der Waals surface area contributed by atoms with Gasteiger partial charge in [0.1, 0.15) is 0 Å². The minimum atomic E-state index is 0.644. The highest BCUT2D eigenvalue weighted by molar-refractivity contribution is 9.10. The molecule has 0 saturated carbocycles. The van der Waals surface area contributed by atoms with Gasteiger partial charge in [-0.2, -0.15) is 0 Å². The van der Waals surface area contributed by atoms with E-state index in [0.717, 1.165) is 11.4 Å². The maximum absolute atomic E-state index is 4.44. The summed E-state index contributed by atoms with van der Waals surface area (Å²) in [5, 5.41) is 0. The average molecular weight is 291 g/mol. The third kappa shape index (κ3) is 2.55. The minimum absolute atomic E-state index is 0.644. The van der Waals surface area contributed by atoms with Crippen LogP contribution in [-0.2, 0) is 0 Å². The zero-order valence-corrected chi connectivity index (χ0v) is 12.1. The molecule has 0 N–H and O–H groups in total. The number of nitrogens with zero attached hydrogens (tertiary/aromatic N) is 2. The summed E-state index contributed by atoms with van der Waals surface area (Å²) in [6, 6.07) is 6.41. The molecule has 2 nitrogen and oxygen atoms in total. The van der Waals surface area contributed by atoms with Gasteiger partial charge in [0.15, 0.2) is 4.73 Å². The first-order chi connectivity index (χ1) is 7.97. The van der Waals surface area contributed by atoms with Gasteiger partial charge in [-0.3, -0.25) is 0 Å². The number of aryl methyl sites for hydroxylation is 4. The van der Waals surface area contributed by atoms with Crippen LogP contribution < -0.4 is 0 Å². The number of hydrogen-bond acceptors (Lipinski definition) is 2. The molecule has 0 bridgehead atoms. The van der Waals surface area contributed by atoms with Crippen molar-refractivity contribution < 1.29 is 0 Å². The topological polar surface area (TPSA) is 25.8 Å². The summed E-state index contributed by atoms with van der Waals surface area (Å²) in [5.74, 6) is 0. The highest BCUT2D eigenvalue weighted by Crippen LogP contribution is 2.26. The van der Waals surface area contributed by atoms with Crippen LogP contribution in [0.15, 0.2) is 22.9 Å². The first-order valence-corrected chi connectivity index (χ1v) is 6.36. The van der Waals surface area contributed by atoms with E-state index in [1.165, 1.54) is 22.3 Å². The molecule has 1 aromatic heterocycles. The van der Waals surface area contributed by atoms with Crippen molar-refractivity contribution in [1.29, 1.82) is 0 Å². The fraction of sp³-hybridized carbons (Fsp3) is 0.286. The standard InChI is InChI=1S/C14H15BrN2/c1-8-5-10(3)12(6-9(8)2)13-7-11(4)16-14(15)17-13/h5-7H,1-4H3. The Morgan fingerprint density at radius 3 is 2.12 bits per heavy atom. The van der Waals surface area contributed by atoms with Gasteiger partial charge in [0.25, 0.3) is 0 Å². The summed E-state index contributed by atoms with van der Waals surface area (Å²) in [6.45, 7) is 8.36. The molecule has 0 aliphatic heterocycles. The molecule has 0 amide bonds. The van der Waals surface area contributed by atoms with E-state index in [0.29, 0.717) is 4.73 Å². The van der Waals surface area contributed by atoms with Crippen molar-refractivity contribution in [2.75, 3.05) is 0 Å². The van der Waals surface area contributed by atoms with Crippen molar-refractivity contribution >= 4 is 15.9 Å². The molecule has 0 aliphatic carbocycles. The van der Waals surface area contributed by atoms with Gasteiger partial charge >= 0.3 is 0 Å². The molecule has 1 heterocycles. The van der Waals surface area contributed by atoms with Gasteiger partial charge in [0.2, 0.25) is 0 Å². The van der Waals surface area contributed by atoms with Crippen LogP contribution in [-0.4, -0.2) is 9.97 Å². The van der Waals surface area contributed by atoms with Gasteiger partial charge in [0, 0.05) is 11.3 Å². The van der Waals surface area contributed by atoms with Crippen LogP contribution in [0.2, 0.25) is 0 Å². The minimum Gasteiger partial charge on any atom is -0.227 e. The molecule has 2 rings (SSSR count). The molecule has 0 fully saturated rings. The summed E-state index contributed by atoms with van der Waals surface area (Å²) in [7, 11) is 0. The van der Waals surface area contributed by atoms with Crippen LogP contribution in [0.4, 0.5) is 0 Å². The second kappa shape index (κ2) is 4.57. The fourth-order valence-corrected chi connectivity index (χ4v) is 2.38. The molecule has 17 heavy (non-hydrogen) atoms. The number of halogens is 1. The zero-order valence-electron chi connectivity index (χ0n) is 10.5. The van der Waals surface area contributed by atoms with Crippen molar-refractivity contribution in [2.24, 2.45) is 0 Å². The highest BCUT2D eigenvalue weighted by atomic mass is 79.9. The van der Waals surface area contributed by atoms with Gasteiger partial charge in [-0.05, 0) is 72.4 Å². The Balaban J connectivity index is 2.64. The second-order valence-corrected chi connectivity index (χ2v) is 5.12. The Bertz CT molecular complexity index is 556. The van der Waals surface area contributed by atoms with Crippen molar-refractivity contribution in [1.82, 2.24) is 9.97 Å². The van der Waals surface area contributed by atoms with Gasteiger partial charge in [-0.15, -0.1) is 0 Å². The average Bonchev–Trinajstić information content (AvgIpc) is 2.22. The maximum Gasteiger partial charge on any atom is 0.197 e. The van der Waals surface area contributed by atoms with E-state index in [4.69, 9.17) is 0 Å². The van der Waals surface area contributed by atoms with Gasteiger partial charge in [-0.25, -0.2) is 9.97 Å². The van der Waals surface area contributed by atoms with Crippen molar-refractivity contribution in [3.8, 4) is 11.3 Å². The smallest absolute Gasteiger partial charge is 0.197 e. The van der Waals surface area contributed by atoms with E-state index in [1.54, 1.807) is 0 Å². The lowest BCUT2D eigenvalue weighted by molar-refractivity contribution is 1.06. The number of benzene rings is 1. The van der Waals surface area contributed by atoms with E-state index in [2.05, 4.69) is 58.8 Å². The highest BCUT2D eigenvalue weighted by Gasteiger charge is 2.07. The molecule has 0 aliphatic rings. The predicted octanol–water partition coefficient (Wildman–Crippen LogP) is 4.14. The third-order valence-electron chi connectivity index (χ3n) is 2.94. The molecule has 3 heteroatoms. The summed E-state index contributed by atoms with van der Waals surface area (Å²) >= 11 is 3.35.